The minimum Gasteiger partial charge on any atom is -0.481 e. The Morgan fingerprint density at radius 3 is 2.53 bits per heavy atom. The van der Waals surface area contributed by atoms with Crippen molar-refractivity contribution in [2.24, 2.45) is 0 Å². The fraction of sp³-hybridized carbons (Fsp3) is 0.455. The summed E-state index contributed by atoms with van der Waals surface area (Å²) in [7, 11) is 0. The largest absolute Gasteiger partial charge is 0.481 e. The molecular weight excluding hydrogens is 252 g/mol. The molecule has 1 rings (SSSR count). The van der Waals surface area contributed by atoms with E-state index < -0.39 is 24.7 Å². The van der Waals surface area contributed by atoms with Gasteiger partial charge in [-0.3, -0.25) is 4.79 Å². The molecule has 0 aliphatic rings. The molecule has 0 amide bonds. The molecule has 0 aliphatic carbocycles. The summed E-state index contributed by atoms with van der Waals surface area (Å²) in [4.78, 5) is 14.5. The SMILES string of the molecule is Cc1cc(C)c(C(CC(=O)O)C(F)F)c(Cl)n1. The second-order valence-corrected chi connectivity index (χ2v) is 4.18. The molecule has 94 valence electrons. The number of aromatic nitrogens is 1. The van der Waals surface area contributed by atoms with Crippen LogP contribution in [0.3, 0.4) is 0 Å². The van der Waals surface area contributed by atoms with Crippen LogP contribution in [0, 0.1) is 13.8 Å². The molecule has 0 fully saturated rings. The van der Waals surface area contributed by atoms with Crippen LogP contribution in [-0.2, 0) is 4.79 Å². The molecule has 0 saturated heterocycles. The highest BCUT2D eigenvalue weighted by Crippen LogP contribution is 2.33. The number of aryl methyl sites for hydroxylation is 2. The van der Waals surface area contributed by atoms with Gasteiger partial charge in [0, 0.05) is 11.3 Å². The Morgan fingerprint density at radius 1 is 1.53 bits per heavy atom. The number of nitrogens with zero attached hydrogens (tertiary/aromatic N) is 1. The van der Waals surface area contributed by atoms with Crippen LogP contribution in [0.4, 0.5) is 8.78 Å². The average molecular weight is 264 g/mol. The lowest BCUT2D eigenvalue weighted by molar-refractivity contribution is -0.138. The zero-order valence-electron chi connectivity index (χ0n) is 9.38. The van der Waals surface area contributed by atoms with Gasteiger partial charge in [0.25, 0.3) is 0 Å². The van der Waals surface area contributed by atoms with Crippen LogP contribution < -0.4 is 0 Å². The van der Waals surface area contributed by atoms with E-state index in [4.69, 9.17) is 16.7 Å². The van der Waals surface area contributed by atoms with Crippen LogP contribution >= 0.6 is 11.6 Å². The molecule has 1 aromatic heterocycles. The molecule has 0 spiro atoms. The van der Waals surface area contributed by atoms with Crippen LogP contribution in [0.25, 0.3) is 0 Å². The van der Waals surface area contributed by atoms with E-state index in [-0.39, 0.29) is 10.7 Å². The summed E-state index contributed by atoms with van der Waals surface area (Å²) in [5.41, 5.74) is 1.27. The minimum absolute atomic E-state index is 0.0472. The second-order valence-electron chi connectivity index (χ2n) is 3.82. The van der Waals surface area contributed by atoms with E-state index in [9.17, 15) is 13.6 Å². The predicted octanol–water partition coefficient (Wildman–Crippen LogP) is 3.18. The fourth-order valence-electron chi connectivity index (χ4n) is 1.75. The molecule has 17 heavy (non-hydrogen) atoms. The topological polar surface area (TPSA) is 50.2 Å². The summed E-state index contributed by atoms with van der Waals surface area (Å²) in [5.74, 6) is -2.71. The highest BCUT2D eigenvalue weighted by atomic mass is 35.5. The number of carboxylic acids is 1. The number of halogens is 3. The summed E-state index contributed by atoms with van der Waals surface area (Å²) in [6.45, 7) is 3.31. The van der Waals surface area contributed by atoms with Gasteiger partial charge in [-0.15, -0.1) is 0 Å². The number of carboxylic acid groups (broad SMARTS) is 1. The number of rotatable bonds is 4. The smallest absolute Gasteiger partial charge is 0.304 e. The quantitative estimate of drug-likeness (QED) is 0.849. The molecule has 0 radical (unpaired) electrons. The van der Waals surface area contributed by atoms with Crippen LogP contribution in [0.5, 0.6) is 0 Å². The van der Waals surface area contributed by atoms with E-state index in [1.165, 1.54) is 0 Å². The van der Waals surface area contributed by atoms with E-state index in [1.54, 1.807) is 19.9 Å². The maximum Gasteiger partial charge on any atom is 0.304 e. The molecule has 1 atom stereocenters. The second kappa shape index (κ2) is 5.40. The summed E-state index contributed by atoms with van der Waals surface area (Å²) in [6, 6.07) is 1.61. The number of hydrogen-bond acceptors (Lipinski definition) is 2. The van der Waals surface area contributed by atoms with E-state index in [1.807, 2.05) is 0 Å². The van der Waals surface area contributed by atoms with Crippen LogP contribution in [-0.4, -0.2) is 22.5 Å². The molecule has 0 aromatic carbocycles. The number of pyridine rings is 1. The summed E-state index contributed by atoms with van der Waals surface area (Å²) >= 11 is 5.82. The first-order valence-electron chi connectivity index (χ1n) is 4.96. The Kier molecular flexibility index (Phi) is 4.40. The normalized spacial score (nSPS) is 12.8. The number of aliphatic carboxylic acids is 1. The van der Waals surface area contributed by atoms with Gasteiger partial charge in [0.05, 0.1) is 12.3 Å². The number of alkyl halides is 2. The molecular formula is C11H12ClF2NO2. The van der Waals surface area contributed by atoms with Crippen molar-refractivity contribution < 1.29 is 18.7 Å². The van der Waals surface area contributed by atoms with Crippen LogP contribution in [0.15, 0.2) is 6.07 Å². The van der Waals surface area contributed by atoms with Crippen molar-refractivity contribution in [3.8, 4) is 0 Å². The van der Waals surface area contributed by atoms with Crippen molar-refractivity contribution in [3.05, 3.63) is 28.0 Å². The first-order chi connectivity index (χ1) is 7.82. The lowest BCUT2D eigenvalue weighted by atomic mass is 9.93. The van der Waals surface area contributed by atoms with Crippen LogP contribution in [0.1, 0.15) is 29.2 Å². The van der Waals surface area contributed by atoms with Crippen molar-refractivity contribution in [3.63, 3.8) is 0 Å². The maximum atomic E-state index is 12.9. The van der Waals surface area contributed by atoms with Gasteiger partial charge in [0.1, 0.15) is 5.15 Å². The highest BCUT2D eigenvalue weighted by Gasteiger charge is 2.29. The molecule has 1 N–H and O–H groups in total. The number of hydrogen-bond donors (Lipinski definition) is 1. The highest BCUT2D eigenvalue weighted by molar-refractivity contribution is 6.30. The van der Waals surface area contributed by atoms with Crippen LogP contribution in [0.2, 0.25) is 5.15 Å². The van der Waals surface area contributed by atoms with Gasteiger partial charge < -0.3 is 5.11 Å². The van der Waals surface area contributed by atoms with Crippen molar-refractivity contribution in [2.75, 3.05) is 0 Å². The summed E-state index contributed by atoms with van der Waals surface area (Å²) < 4.78 is 25.7. The summed E-state index contributed by atoms with van der Waals surface area (Å²) in [6.07, 6.45) is -3.45. The number of carbonyl (C=O) groups is 1. The third-order valence-corrected chi connectivity index (χ3v) is 2.70. The van der Waals surface area contributed by atoms with Gasteiger partial charge in [0.15, 0.2) is 0 Å². The first kappa shape index (κ1) is 13.8. The van der Waals surface area contributed by atoms with Gasteiger partial charge in [-0.25, -0.2) is 13.8 Å². The molecule has 0 saturated carbocycles. The Morgan fingerprint density at radius 2 is 2.12 bits per heavy atom. The lowest BCUT2D eigenvalue weighted by Crippen LogP contribution is -2.16. The third kappa shape index (κ3) is 3.36. The molecule has 3 nitrogen and oxygen atoms in total. The van der Waals surface area contributed by atoms with Crippen molar-refractivity contribution >= 4 is 17.6 Å². The van der Waals surface area contributed by atoms with E-state index in [0.29, 0.717) is 11.3 Å². The Labute approximate surface area is 102 Å². The van der Waals surface area contributed by atoms with E-state index >= 15 is 0 Å². The van der Waals surface area contributed by atoms with Crippen molar-refractivity contribution in [2.45, 2.75) is 32.6 Å². The van der Waals surface area contributed by atoms with Gasteiger partial charge in [-0.2, -0.15) is 0 Å². The van der Waals surface area contributed by atoms with E-state index in [2.05, 4.69) is 4.98 Å². The van der Waals surface area contributed by atoms with Crippen molar-refractivity contribution in [1.82, 2.24) is 4.98 Å². The molecule has 0 aliphatic heterocycles. The monoisotopic (exact) mass is 263 g/mol. The zero-order valence-corrected chi connectivity index (χ0v) is 10.1. The predicted molar refractivity (Wildman–Crippen MR) is 59.7 cm³/mol. The molecule has 6 heteroatoms. The molecule has 1 heterocycles. The third-order valence-electron chi connectivity index (χ3n) is 2.42. The Bertz CT molecular complexity index is 414. The van der Waals surface area contributed by atoms with Gasteiger partial charge in [-0.05, 0) is 25.5 Å². The zero-order chi connectivity index (χ0) is 13.2. The molecule has 1 aromatic rings. The minimum atomic E-state index is -2.79. The molecule has 0 bridgehead atoms. The first-order valence-corrected chi connectivity index (χ1v) is 5.34. The molecule has 1 unspecified atom stereocenters. The Hall–Kier alpha value is -1.23. The van der Waals surface area contributed by atoms with Crippen molar-refractivity contribution in [1.29, 1.82) is 0 Å². The Balaban J connectivity index is 3.23. The fourth-order valence-corrected chi connectivity index (χ4v) is 2.17. The average Bonchev–Trinajstić information content (AvgIpc) is 2.13. The van der Waals surface area contributed by atoms with Gasteiger partial charge in [0.2, 0.25) is 6.43 Å². The van der Waals surface area contributed by atoms with Gasteiger partial charge >= 0.3 is 5.97 Å². The van der Waals surface area contributed by atoms with Gasteiger partial charge in [-0.1, -0.05) is 11.6 Å². The van der Waals surface area contributed by atoms with E-state index in [0.717, 1.165) is 0 Å². The standard InChI is InChI=1S/C11H12ClF2NO2/c1-5-3-6(2)15-10(12)9(5)7(11(13)14)4-8(16)17/h3,7,11H,4H2,1-2H3,(H,16,17). The summed E-state index contributed by atoms with van der Waals surface area (Å²) in [5, 5.41) is 8.59. The lowest BCUT2D eigenvalue weighted by Gasteiger charge is -2.18. The maximum absolute atomic E-state index is 12.9.